The molecular weight excluding hydrogens is 576 g/mol. The van der Waals surface area contributed by atoms with Gasteiger partial charge in [-0.2, -0.15) is 0 Å². The maximum Gasteiger partial charge on any atom is 0.240 e. The summed E-state index contributed by atoms with van der Waals surface area (Å²) < 4.78 is 37.9. The van der Waals surface area contributed by atoms with E-state index in [4.69, 9.17) is 9.47 Å². The highest BCUT2D eigenvalue weighted by molar-refractivity contribution is 7.89. The van der Waals surface area contributed by atoms with Crippen LogP contribution in [0.5, 0.6) is 11.6 Å². The predicted octanol–water partition coefficient (Wildman–Crippen LogP) is 5.04. The molecule has 5 rings (SSSR count). The second-order valence-electron chi connectivity index (χ2n) is 10.7. The number of pyridine rings is 1. The van der Waals surface area contributed by atoms with Gasteiger partial charge >= 0.3 is 0 Å². The Morgan fingerprint density at radius 1 is 0.909 bits per heavy atom. The minimum absolute atomic E-state index is 0.121. The number of hydrogen-bond donors (Lipinski definition) is 1. The van der Waals surface area contributed by atoms with Gasteiger partial charge in [0.05, 0.1) is 17.9 Å². The quantitative estimate of drug-likeness (QED) is 0.211. The highest BCUT2D eigenvalue weighted by atomic mass is 32.2. The molecule has 0 radical (unpaired) electrons. The minimum atomic E-state index is -3.61. The fourth-order valence-electron chi connectivity index (χ4n) is 5.33. The molecule has 230 valence electrons. The number of anilines is 1. The molecule has 0 unspecified atom stereocenters. The lowest BCUT2D eigenvalue weighted by Crippen LogP contribution is -2.48. The predicted molar refractivity (Wildman–Crippen MR) is 170 cm³/mol. The zero-order valence-corrected chi connectivity index (χ0v) is 25.7. The summed E-state index contributed by atoms with van der Waals surface area (Å²) in [7, 11) is -2.09. The van der Waals surface area contributed by atoms with Crippen molar-refractivity contribution >= 4 is 21.6 Å². The zero-order valence-electron chi connectivity index (χ0n) is 24.8. The molecule has 1 amide bonds. The van der Waals surface area contributed by atoms with Crippen molar-refractivity contribution < 1.29 is 22.7 Å². The molecule has 10 heteroatoms. The van der Waals surface area contributed by atoms with Crippen LogP contribution < -0.4 is 14.4 Å². The van der Waals surface area contributed by atoms with Crippen LogP contribution in [0.1, 0.15) is 24.0 Å². The Morgan fingerprint density at radius 3 is 2.23 bits per heavy atom. The number of methoxy groups -OCH3 is 1. The van der Waals surface area contributed by atoms with Gasteiger partial charge in [0.1, 0.15) is 5.75 Å². The van der Waals surface area contributed by atoms with Crippen molar-refractivity contribution in [3.63, 3.8) is 0 Å². The number of sulfonamides is 1. The van der Waals surface area contributed by atoms with Gasteiger partial charge in [-0.25, -0.2) is 18.1 Å². The van der Waals surface area contributed by atoms with E-state index in [1.165, 1.54) is 19.2 Å². The Kier molecular flexibility index (Phi) is 10.7. The highest BCUT2D eigenvalue weighted by Gasteiger charge is 2.29. The molecule has 9 nitrogen and oxygen atoms in total. The number of benzene rings is 3. The monoisotopic (exact) mass is 614 g/mol. The van der Waals surface area contributed by atoms with Gasteiger partial charge in [0, 0.05) is 57.3 Å². The number of nitrogens with zero attached hydrogens (tertiary/aromatic N) is 3. The summed E-state index contributed by atoms with van der Waals surface area (Å²) in [5.74, 6) is 1.04. The molecule has 1 aliphatic heterocycles. The lowest BCUT2D eigenvalue weighted by molar-refractivity contribution is -0.118. The molecule has 0 saturated carbocycles. The molecule has 0 aliphatic carbocycles. The third-order valence-electron chi connectivity index (χ3n) is 7.58. The van der Waals surface area contributed by atoms with Crippen molar-refractivity contribution in [1.82, 2.24) is 14.6 Å². The van der Waals surface area contributed by atoms with E-state index >= 15 is 0 Å². The number of likely N-dealkylation sites (tertiary alicyclic amines) is 1. The Morgan fingerprint density at radius 2 is 1.59 bits per heavy atom. The van der Waals surface area contributed by atoms with Gasteiger partial charge in [0.25, 0.3) is 0 Å². The van der Waals surface area contributed by atoms with Crippen LogP contribution in [-0.4, -0.2) is 63.6 Å². The van der Waals surface area contributed by atoms with Gasteiger partial charge in [-0.1, -0.05) is 54.6 Å². The van der Waals surface area contributed by atoms with E-state index in [-0.39, 0.29) is 23.4 Å². The molecule has 44 heavy (non-hydrogen) atoms. The first-order valence-electron chi connectivity index (χ1n) is 14.8. The van der Waals surface area contributed by atoms with Crippen LogP contribution in [0.15, 0.2) is 108 Å². The maximum atomic E-state index is 13.5. The number of amides is 1. The SMILES string of the molecule is COCCNS(=O)(=O)c1ccc(Oc2ccc(CN3CCC(N(C(=O)Cc4ccccc4)c4ccccc4)CC3)cn2)cc1. The van der Waals surface area contributed by atoms with E-state index in [1.807, 2.05) is 77.7 Å². The Balaban J connectivity index is 1.14. The van der Waals surface area contributed by atoms with Crippen LogP contribution in [0, 0.1) is 0 Å². The summed E-state index contributed by atoms with van der Waals surface area (Å²) in [5.41, 5.74) is 3.04. The second kappa shape index (κ2) is 15.1. The molecule has 1 N–H and O–H groups in total. The van der Waals surface area contributed by atoms with Gasteiger partial charge in [-0.05, 0) is 60.4 Å². The number of carbonyl (C=O) groups excluding carboxylic acids is 1. The molecule has 0 bridgehead atoms. The number of hydrogen-bond acceptors (Lipinski definition) is 7. The summed E-state index contributed by atoms with van der Waals surface area (Å²) >= 11 is 0. The second-order valence-corrected chi connectivity index (χ2v) is 12.5. The molecule has 2 heterocycles. The number of para-hydroxylation sites is 1. The largest absolute Gasteiger partial charge is 0.439 e. The van der Waals surface area contributed by atoms with Crippen LogP contribution in [0.3, 0.4) is 0 Å². The molecule has 0 spiro atoms. The van der Waals surface area contributed by atoms with E-state index in [2.05, 4.69) is 14.6 Å². The van der Waals surface area contributed by atoms with Crippen molar-refractivity contribution in [2.24, 2.45) is 0 Å². The van der Waals surface area contributed by atoms with Crippen LogP contribution in [0.25, 0.3) is 0 Å². The standard InChI is InChI=1S/C34H38N4O5S/c1-42-23-20-36-44(40,41)32-15-13-31(14-16-32)43-33-17-12-28(25-35-33)26-37-21-18-30(19-22-37)38(29-10-6-3-7-11-29)34(39)24-27-8-4-2-5-9-27/h2-17,25,30,36H,18-24,26H2,1H3. The van der Waals surface area contributed by atoms with Gasteiger partial charge in [-0.15, -0.1) is 0 Å². The smallest absolute Gasteiger partial charge is 0.240 e. The van der Waals surface area contributed by atoms with Crippen LogP contribution in [-0.2, 0) is 32.5 Å². The third-order valence-corrected chi connectivity index (χ3v) is 9.06. The fourth-order valence-corrected chi connectivity index (χ4v) is 6.34. The molecule has 1 fully saturated rings. The van der Waals surface area contributed by atoms with Gasteiger partial charge in [0.2, 0.25) is 21.8 Å². The molecule has 3 aromatic carbocycles. The Labute approximate surface area is 259 Å². The van der Waals surface area contributed by atoms with E-state index in [1.54, 1.807) is 18.3 Å². The van der Waals surface area contributed by atoms with E-state index in [0.717, 1.165) is 49.3 Å². The maximum absolute atomic E-state index is 13.5. The van der Waals surface area contributed by atoms with Crippen LogP contribution >= 0.6 is 0 Å². The number of piperidine rings is 1. The van der Waals surface area contributed by atoms with E-state index < -0.39 is 10.0 Å². The van der Waals surface area contributed by atoms with Crippen molar-refractivity contribution in [3.05, 3.63) is 114 Å². The molecule has 4 aromatic rings. The van der Waals surface area contributed by atoms with Crippen molar-refractivity contribution in [2.75, 3.05) is 38.3 Å². The number of ether oxygens (including phenoxy) is 2. The number of aromatic nitrogens is 1. The third kappa shape index (κ3) is 8.51. The molecule has 1 saturated heterocycles. The molecular formula is C34H38N4O5S. The fraction of sp³-hybridized carbons (Fsp3) is 0.294. The summed E-state index contributed by atoms with van der Waals surface area (Å²) in [5, 5.41) is 0. The van der Waals surface area contributed by atoms with Gasteiger partial charge < -0.3 is 14.4 Å². The van der Waals surface area contributed by atoms with Crippen LogP contribution in [0.2, 0.25) is 0 Å². The summed E-state index contributed by atoms with van der Waals surface area (Å²) in [4.78, 5) is 22.5. The average molecular weight is 615 g/mol. The highest BCUT2D eigenvalue weighted by Crippen LogP contribution is 2.26. The molecule has 0 atom stereocenters. The Hall–Kier alpha value is -4.09. The summed E-state index contributed by atoms with van der Waals surface area (Å²) in [6, 6.07) is 30.0. The first-order chi connectivity index (χ1) is 21.4. The molecule has 1 aliphatic rings. The number of rotatable bonds is 13. The van der Waals surface area contributed by atoms with Crippen molar-refractivity contribution in [1.29, 1.82) is 0 Å². The van der Waals surface area contributed by atoms with Gasteiger partial charge in [-0.3, -0.25) is 9.69 Å². The minimum Gasteiger partial charge on any atom is -0.439 e. The summed E-state index contributed by atoms with van der Waals surface area (Å²) in [6.07, 6.45) is 3.96. The van der Waals surface area contributed by atoms with E-state index in [9.17, 15) is 13.2 Å². The van der Waals surface area contributed by atoms with Crippen LogP contribution in [0.4, 0.5) is 5.69 Å². The van der Waals surface area contributed by atoms with E-state index in [0.29, 0.717) is 24.7 Å². The zero-order chi connectivity index (χ0) is 30.8. The molecule has 1 aromatic heterocycles. The first kappa shape index (κ1) is 31.3. The van der Waals surface area contributed by atoms with Gasteiger partial charge in [0.15, 0.2) is 0 Å². The summed E-state index contributed by atoms with van der Waals surface area (Å²) in [6.45, 7) is 3.00. The average Bonchev–Trinajstić information content (AvgIpc) is 3.04. The number of carbonyl (C=O) groups is 1. The number of nitrogens with one attached hydrogen (secondary N) is 1. The normalized spacial score (nSPS) is 14.3. The topological polar surface area (TPSA) is 101 Å². The Bertz CT molecular complexity index is 1580. The van der Waals surface area contributed by atoms with Crippen molar-refractivity contribution in [3.8, 4) is 11.6 Å². The van der Waals surface area contributed by atoms with Crippen molar-refractivity contribution in [2.45, 2.75) is 36.7 Å². The lowest BCUT2D eigenvalue weighted by Gasteiger charge is -2.38. The lowest BCUT2D eigenvalue weighted by atomic mass is 10.00. The first-order valence-corrected chi connectivity index (χ1v) is 16.2.